The highest BCUT2D eigenvalue weighted by Crippen LogP contribution is 2.26. The first-order chi connectivity index (χ1) is 8.83. The molecule has 1 saturated carbocycles. The van der Waals surface area contributed by atoms with Crippen LogP contribution in [-0.2, 0) is 0 Å². The first-order valence-electron chi connectivity index (χ1n) is 6.44. The number of hydrogen-bond donors (Lipinski definition) is 2. The summed E-state index contributed by atoms with van der Waals surface area (Å²) in [6.07, 6.45) is 4.40. The summed E-state index contributed by atoms with van der Waals surface area (Å²) in [6.45, 7) is 0.873. The average molecular weight is 243 g/mol. The lowest BCUT2D eigenvalue weighted by atomic mass is 10.1. The van der Waals surface area contributed by atoms with Gasteiger partial charge >= 0.3 is 0 Å². The predicted octanol–water partition coefficient (Wildman–Crippen LogP) is 2.20. The molecule has 1 aromatic carbocycles. The lowest BCUT2D eigenvalue weighted by Crippen LogP contribution is -2.13. The number of anilines is 1. The van der Waals surface area contributed by atoms with E-state index in [0.29, 0.717) is 5.92 Å². The molecule has 1 aliphatic carbocycles. The average Bonchev–Trinajstić information content (AvgIpc) is 2.82. The maximum atomic E-state index is 9.52. The SMILES string of the molecule is OC1CCC(CNc2ncnc3ccccc23)C1. The number of rotatable bonds is 3. The van der Waals surface area contributed by atoms with Crippen molar-refractivity contribution < 1.29 is 5.11 Å². The summed E-state index contributed by atoms with van der Waals surface area (Å²) < 4.78 is 0. The highest BCUT2D eigenvalue weighted by Gasteiger charge is 2.22. The molecule has 94 valence electrons. The van der Waals surface area contributed by atoms with E-state index in [9.17, 15) is 5.11 Å². The Morgan fingerprint density at radius 2 is 2.11 bits per heavy atom. The standard InChI is InChI=1S/C14H17N3O/c18-11-6-5-10(7-11)8-15-14-12-3-1-2-4-13(12)16-9-17-14/h1-4,9-11,18H,5-8H2,(H,15,16,17). The smallest absolute Gasteiger partial charge is 0.137 e. The highest BCUT2D eigenvalue weighted by molar-refractivity contribution is 5.88. The number of para-hydroxylation sites is 1. The van der Waals surface area contributed by atoms with Crippen LogP contribution in [0.3, 0.4) is 0 Å². The summed E-state index contributed by atoms with van der Waals surface area (Å²) in [5, 5.41) is 14.0. The van der Waals surface area contributed by atoms with Crippen LogP contribution in [0.1, 0.15) is 19.3 Å². The second-order valence-electron chi connectivity index (χ2n) is 4.95. The molecule has 18 heavy (non-hydrogen) atoms. The molecule has 0 spiro atoms. The van der Waals surface area contributed by atoms with Gasteiger partial charge in [0.1, 0.15) is 12.1 Å². The summed E-state index contributed by atoms with van der Waals surface area (Å²) in [7, 11) is 0. The van der Waals surface area contributed by atoms with Gasteiger partial charge in [-0.2, -0.15) is 0 Å². The lowest BCUT2D eigenvalue weighted by molar-refractivity contribution is 0.178. The minimum atomic E-state index is -0.112. The summed E-state index contributed by atoms with van der Waals surface area (Å²) in [6, 6.07) is 7.99. The van der Waals surface area contributed by atoms with Crippen LogP contribution in [0.15, 0.2) is 30.6 Å². The Hall–Kier alpha value is -1.68. The number of aliphatic hydroxyl groups is 1. The van der Waals surface area contributed by atoms with Crippen molar-refractivity contribution >= 4 is 16.7 Å². The fourth-order valence-electron chi connectivity index (χ4n) is 2.62. The van der Waals surface area contributed by atoms with E-state index in [4.69, 9.17) is 0 Å². The van der Waals surface area contributed by atoms with Crippen LogP contribution in [0.5, 0.6) is 0 Å². The van der Waals surface area contributed by atoms with E-state index in [-0.39, 0.29) is 6.10 Å². The van der Waals surface area contributed by atoms with E-state index >= 15 is 0 Å². The Labute approximate surface area is 106 Å². The molecular formula is C14H17N3O. The molecule has 1 aromatic heterocycles. The zero-order valence-corrected chi connectivity index (χ0v) is 10.2. The van der Waals surface area contributed by atoms with Crippen molar-refractivity contribution in [3.8, 4) is 0 Å². The lowest BCUT2D eigenvalue weighted by Gasteiger charge is -2.12. The third-order valence-electron chi connectivity index (χ3n) is 3.61. The van der Waals surface area contributed by atoms with Crippen molar-refractivity contribution in [3.63, 3.8) is 0 Å². The van der Waals surface area contributed by atoms with Crippen molar-refractivity contribution in [3.05, 3.63) is 30.6 Å². The van der Waals surface area contributed by atoms with Crippen LogP contribution in [0.4, 0.5) is 5.82 Å². The Balaban J connectivity index is 1.74. The molecular weight excluding hydrogens is 226 g/mol. The molecule has 0 amide bonds. The molecule has 4 heteroatoms. The molecule has 2 N–H and O–H groups in total. The van der Waals surface area contributed by atoms with Gasteiger partial charge in [-0.05, 0) is 37.3 Å². The number of nitrogens with one attached hydrogen (secondary N) is 1. The second kappa shape index (κ2) is 4.90. The number of fused-ring (bicyclic) bond motifs is 1. The number of nitrogens with zero attached hydrogens (tertiary/aromatic N) is 2. The van der Waals surface area contributed by atoms with Crippen LogP contribution in [0, 0.1) is 5.92 Å². The molecule has 1 heterocycles. The van der Waals surface area contributed by atoms with Crippen LogP contribution in [-0.4, -0.2) is 27.7 Å². The van der Waals surface area contributed by atoms with Crippen LogP contribution >= 0.6 is 0 Å². The van der Waals surface area contributed by atoms with Gasteiger partial charge in [0.2, 0.25) is 0 Å². The molecule has 1 fully saturated rings. The Bertz CT molecular complexity index is 538. The quantitative estimate of drug-likeness (QED) is 0.867. The van der Waals surface area contributed by atoms with Crippen molar-refractivity contribution in [1.82, 2.24) is 9.97 Å². The van der Waals surface area contributed by atoms with Gasteiger partial charge in [0, 0.05) is 11.9 Å². The summed E-state index contributed by atoms with van der Waals surface area (Å²) >= 11 is 0. The number of aromatic nitrogens is 2. The number of benzene rings is 1. The van der Waals surface area contributed by atoms with Gasteiger partial charge < -0.3 is 10.4 Å². The Morgan fingerprint density at radius 3 is 2.94 bits per heavy atom. The minimum Gasteiger partial charge on any atom is -0.393 e. The van der Waals surface area contributed by atoms with Crippen molar-refractivity contribution in [2.45, 2.75) is 25.4 Å². The van der Waals surface area contributed by atoms with Crippen LogP contribution in [0.2, 0.25) is 0 Å². The molecule has 3 rings (SSSR count). The largest absolute Gasteiger partial charge is 0.393 e. The molecule has 0 bridgehead atoms. The zero-order chi connectivity index (χ0) is 12.4. The third kappa shape index (κ3) is 2.29. The normalized spacial score (nSPS) is 23.4. The molecule has 0 aliphatic heterocycles. The molecule has 2 atom stereocenters. The summed E-state index contributed by atoms with van der Waals surface area (Å²) in [5.41, 5.74) is 0.960. The number of aliphatic hydroxyl groups excluding tert-OH is 1. The van der Waals surface area contributed by atoms with Gasteiger partial charge in [0.15, 0.2) is 0 Å². The van der Waals surface area contributed by atoms with Gasteiger partial charge in [-0.15, -0.1) is 0 Å². The monoisotopic (exact) mass is 243 g/mol. The fourth-order valence-corrected chi connectivity index (χ4v) is 2.62. The first-order valence-corrected chi connectivity index (χ1v) is 6.44. The van der Waals surface area contributed by atoms with E-state index in [1.54, 1.807) is 6.33 Å². The highest BCUT2D eigenvalue weighted by atomic mass is 16.3. The van der Waals surface area contributed by atoms with E-state index in [0.717, 1.165) is 42.5 Å². The third-order valence-corrected chi connectivity index (χ3v) is 3.61. The first kappa shape index (κ1) is 11.4. The Kier molecular flexibility index (Phi) is 3.11. The molecule has 2 unspecified atom stereocenters. The van der Waals surface area contributed by atoms with Gasteiger partial charge in [-0.25, -0.2) is 9.97 Å². The zero-order valence-electron chi connectivity index (χ0n) is 10.2. The van der Waals surface area contributed by atoms with Crippen molar-refractivity contribution in [1.29, 1.82) is 0 Å². The molecule has 0 saturated heterocycles. The van der Waals surface area contributed by atoms with Gasteiger partial charge in [-0.3, -0.25) is 0 Å². The summed E-state index contributed by atoms with van der Waals surface area (Å²) in [4.78, 5) is 8.54. The molecule has 2 aromatic rings. The van der Waals surface area contributed by atoms with Gasteiger partial charge in [0.25, 0.3) is 0 Å². The van der Waals surface area contributed by atoms with E-state index < -0.39 is 0 Å². The van der Waals surface area contributed by atoms with Crippen molar-refractivity contribution in [2.24, 2.45) is 5.92 Å². The fraction of sp³-hybridized carbons (Fsp3) is 0.429. The van der Waals surface area contributed by atoms with E-state index in [1.165, 1.54) is 0 Å². The molecule has 0 radical (unpaired) electrons. The molecule has 4 nitrogen and oxygen atoms in total. The maximum Gasteiger partial charge on any atom is 0.137 e. The predicted molar refractivity (Wildman–Crippen MR) is 71.4 cm³/mol. The minimum absolute atomic E-state index is 0.112. The Morgan fingerprint density at radius 1 is 1.22 bits per heavy atom. The topological polar surface area (TPSA) is 58.0 Å². The summed E-state index contributed by atoms with van der Waals surface area (Å²) in [5.74, 6) is 1.44. The van der Waals surface area contributed by atoms with Gasteiger partial charge in [0.05, 0.1) is 11.6 Å². The van der Waals surface area contributed by atoms with Crippen LogP contribution in [0.25, 0.3) is 10.9 Å². The maximum absolute atomic E-state index is 9.52. The molecule has 1 aliphatic rings. The van der Waals surface area contributed by atoms with Crippen molar-refractivity contribution in [2.75, 3.05) is 11.9 Å². The van der Waals surface area contributed by atoms with Gasteiger partial charge in [-0.1, -0.05) is 12.1 Å². The number of hydrogen-bond acceptors (Lipinski definition) is 4. The van der Waals surface area contributed by atoms with E-state index in [2.05, 4.69) is 15.3 Å². The second-order valence-corrected chi connectivity index (χ2v) is 4.95. The van der Waals surface area contributed by atoms with E-state index in [1.807, 2.05) is 24.3 Å². The van der Waals surface area contributed by atoms with Crippen LogP contribution < -0.4 is 5.32 Å².